The fraction of sp³-hybridized carbons (Fsp3) is 0.889. The Hall–Kier alpha value is -0.650. The molecule has 0 aromatic rings. The number of ether oxygens (including phenoxy) is 1. The highest BCUT2D eigenvalue weighted by atomic mass is 16.5. The van der Waals surface area contributed by atoms with Gasteiger partial charge in [-0.05, 0) is 21.0 Å². The van der Waals surface area contributed by atoms with Gasteiger partial charge in [-0.3, -0.25) is 4.79 Å². The lowest BCUT2D eigenvalue weighted by Gasteiger charge is -2.18. The third kappa shape index (κ3) is 5.90. The van der Waals surface area contributed by atoms with Crippen LogP contribution < -0.4 is 5.32 Å². The fourth-order valence-corrected chi connectivity index (χ4v) is 1.06. The zero-order valence-corrected chi connectivity index (χ0v) is 9.28. The number of hydrogen-bond acceptors (Lipinski definition) is 5. The average Bonchev–Trinajstić information content (AvgIpc) is 2.11. The number of methoxy groups -OCH3 is 1. The van der Waals surface area contributed by atoms with Crippen LogP contribution in [0.3, 0.4) is 0 Å². The highest BCUT2D eigenvalue weighted by Gasteiger charge is 2.14. The van der Waals surface area contributed by atoms with Crippen LogP contribution in [0.5, 0.6) is 0 Å². The van der Waals surface area contributed by atoms with Crippen LogP contribution in [-0.4, -0.2) is 62.4 Å². The number of carbonyl (C=O) groups is 1. The number of aliphatic hydroxyl groups excluding tert-OH is 1. The van der Waals surface area contributed by atoms with Crippen molar-refractivity contribution in [3.63, 3.8) is 0 Å². The van der Waals surface area contributed by atoms with E-state index in [1.165, 1.54) is 7.11 Å². The van der Waals surface area contributed by atoms with Gasteiger partial charge in [-0.15, -0.1) is 0 Å². The van der Waals surface area contributed by atoms with E-state index in [1.54, 1.807) is 6.92 Å². The lowest BCUT2D eigenvalue weighted by atomic mass is 10.3. The molecule has 84 valence electrons. The molecule has 14 heavy (non-hydrogen) atoms. The Balaban J connectivity index is 3.65. The van der Waals surface area contributed by atoms with E-state index in [-0.39, 0.29) is 12.0 Å². The summed E-state index contributed by atoms with van der Waals surface area (Å²) in [7, 11) is 5.11. The van der Waals surface area contributed by atoms with Gasteiger partial charge >= 0.3 is 5.97 Å². The summed E-state index contributed by atoms with van der Waals surface area (Å²) in [5, 5.41) is 12.4. The molecule has 0 aliphatic rings. The Morgan fingerprint density at radius 1 is 1.57 bits per heavy atom. The molecule has 0 fully saturated rings. The summed E-state index contributed by atoms with van der Waals surface area (Å²) < 4.78 is 4.53. The largest absolute Gasteiger partial charge is 0.468 e. The second-order valence-electron chi connectivity index (χ2n) is 3.57. The number of nitrogens with zero attached hydrogens (tertiary/aromatic N) is 1. The van der Waals surface area contributed by atoms with Gasteiger partial charge in [0, 0.05) is 13.1 Å². The first-order chi connectivity index (χ1) is 6.47. The quantitative estimate of drug-likeness (QED) is 0.547. The molecule has 5 heteroatoms. The zero-order valence-electron chi connectivity index (χ0n) is 9.28. The average molecular weight is 204 g/mol. The van der Waals surface area contributed by atoms with E-state index in [0.29, 0.717) is 13.1 Å². The van der Waals surface area contributed by atoms with Crippen LogP contribution in [0.1, 0.15) is 6.92 Å². The van der Waals surface area contributed by atoms with Gasteiger partial charge in [-0.25, -0.2) is 0 Å². The Bertz CT molecular complexity index is 173. The summed E-state index contributed by atoms with van der Waals surface area (Å²) in [4.78, 5) is 12.9. The number of rotatable bonds is 6. The van der Waals surface area contributed by atoms with Crippen LogP contribution in [0.4, 0.5) is 0 Å². The number of likely N-dealkylation sites (N-methyl/N-ethyl adjacent to an activating group) is 1. The maximum Gasteiger partial charge on any atom is 0.322 e. The van der Waals surface area contributed by atoms with Crippen LogP contribution in [0.2, 0.25) is 0 Å². The molecule has 0 amide bonds. The highest BCUT2D eigenvalue weighted by molar-refractivity contribution is 5.75. The van der Waals surface area contributed by atoms with Crippen LogP contribution >= 0.6 is 0 Å². The summed E-state index contributed by atoms with van der Waals surface area (Å²) in [5.74, 6) is -0.318. The lowest BCUT2D eigenvalue weighted by molar-refractivity contribution is -0.142. The highest BCUT2D eigenvalue weighted by Crippen LogP contribution is 1.89. The first kappa shape index (κ1) is 13.4. The summed E-state index contributed by atoms with van der Waals surface area (Å²) in [6, 6.07) is -0.378. The van der Waals surface area contributed by atoms with Crippen LogP contribution in [0.25, 0.3) is 0 Å². The van der Waals surface area contributed by atoms with Crippen molar-refractivity contribution in [2.24, 2.45) is 0 Å². The summed E-state index contributed by atoms with van der Waals surface area (Å²) in [5.41, 5.74) is 0. The van der Waals surface area contributed by atoms with Crippen LogP contribution in [0.15, 0.2) is 0 Å². The SMILES string of the molecule is COC(=O)C(C)NCC(O)CN(C)C. The second kappa shape index (κ2) is 6.75. The zero-order chi connectivity index (χ0) is 11.1. The Morgan fingerprint density at radius 2 is 2.14 bits per heavy atom. The van der Waals surface area contributed by atoms with E-state index in [9.17, 15) is 9.90 Å². The minimum Gasteiger partial charge on any atom is -0.468 e. The molecule has 2 atom stereocenters. The number of carbonyl (C=O) groups excluding carboxylic acids is 1. The van der Waals surface area contributed by atoms with E-state index in [4.69, 9.17) is 0 Å². The standard InChI is InChI=1S/C9H20N2O3/c1-7(9(13)14-4)10-5-8(12)6-11(2)3/h7-8,10,12H,5-6H2,1-4H3. The third-order valence-corrected chi connectivity index (χ3v) is 1.79. The summed E-state index contributed by atoms with van der Waals surface area (Å²) in [6.07, 6.45) is -0.475. The minimum absolute atomic E-state index is 0.318. The molecule has 0 saturated heterocycles. The monoisotopic (exact) mass is 204 g/mol. The van der Waals surface area contributed by atoms with Gasteiger partial charge < -0.3 is 20.1 Å². The van der Waals surface area contributed by atoms with E-state index >= 15 is 0 Å². The molecule has 0 spiro atoms. The lowest BCUT2D eigenvalue weighted by Crippen LogP contribution is -2.42. The number of nitrogens with one attached hydrogen (secondary N) is 1. The molecule has 2 unspecified atom stereocenters. The van der Waals surface area contributed by atoms with Gasteiger partial charge in [-0.2, -0.15) is 0 Å². The third-order valence-electron chi connectivity index (χ3n) is 1.79. The molecule has 0 heterocycles. The predicted octanol–water partition coefficient (Wildman–Crippen LogP) is -0.940. The first-order valence-electron chi connectivity index (χ1n) is 4.61. The van der Waals surface area contributed by atoms with E-state index in [0.717, 1.165) is 0 Å². The van der Waals surface area contributed by atoms with Crippen molar-refractivity contribution in [3.8, 4) is 0 Å². The van der Waals surface area contributed by atoms with Gasteiger partial charge in [0.1, 0.15) is 6.04 Å². The topological polar surface area (TPSA) is 61.8 Å². The van der Waals surface area contributed by atoms with Gasteiger partial charge in [0.25, 0.3) is 0 Å². The number of esters is 1. The molecule has 2 N–H and O–H groups in total. The molecule has 0 aromatic heterocycles. The van der Waals surface area contributed by atoms with Crippen molar-refractivity contribution in [1.82, 2.24) is 10.2 Å². The Labute approximate surface area is 85.0 Å². The molecule has 5 nitrogen and oxygen atoms in total. The molecule has 0 aromatic carbocycles. The molecule has 0 saturated carbocycles. The fourth-order valence-electron chi connectivity index (χ4n) is 1.06. The molecular weight excluding hydrogens is 184 g/mol. The van der Waals surface area contributed by atoms with Crippen molar-refractivity contribution in [2.45, 2.75) is 19.1 Å². The number of hydrogen-bond donors (Lipinski definition) is 2. The van der Waals surface area contributed by atoms with Crippen molar-refractivity contribution in [3.05, 3.63) is 0 Å². The van der Waals surface area contributed by atoms with Crippen molar-refractivity contribution in [2.75, 3.05) is 34.3 Å². The van der Waals surface area contributed by atoms with E-state index in [1.807, 2.05) is 19.0 Å². The van der Waals surface area contributed by atoms with Crippen LogP contribution in [-0.2, 0) is 9.53 Å². The first-order valence-corrected chi connectivity index (χ1v) is 4.61. The molecule has 0 radical (unpaired) electrons. The van der Waals surface area contributed by atoms with E-state index < -0.39 is 6.10 Å². The second-order valence-corrected chi connectivity index (χ2v) is 3.57. The van der Waals surface area contributed by atoms with E-state index in [2.05, 4.69) is 10.1 Å². The van der Waals surface area contributed by atoms with Crippen molar-refractivity contribution in [1.29, 1.82) is 0 Å². The predicted molar refractivity (Wildman–Crippen MR) is 54.0 cm³/mol. The maximum atomic E-state index is 11.0. The molecule has 0 bridgehead atoms. The molecule has 0 aliphatic heterocycles. The summed E-state index contributed by atoms with van der Waals surface area (Å²) >= 11 is 0. The van der Waals surface area contributed by atoms with Gasteiger partial charge in [-0.1, -0.05) is 0 Å². The molecular formula is C9H20N2O3. The summed E-state index contributed by atoms with van der Waals surface area (Å²) in [6.45, 7) is 2.66. The van der Waals surface area contributed by atoms with Crippen molar-refractivity contribution >= 4 is 5.97 Å². The molecule has 0 aliphatic carbocycles. The Kier molecular flexibility index (Phi) is 6.44. The van der Waals surface area contributed by atoms with Crippen LogP contribution in [0, 0.1) is 0 Å². The van der Waals surface area contributed by atoms with Gasteiger partial charge in [0.15, 0.2) is 0 Å². The number of aliphatic hydroxyl groups is 1. The van der Waals surface area contributed by atoms with Gasteiger partial charge in [0.05, 0.1) is 13.2 Å². The normalized spacial score (nSPS) is 15.3. The molecule has 0 rings (SSSR count). The maximum absolute atomic E-state index is 11.0. The Morgan fingerprint density at radius 3 is 2.57 bits per heavy atom. The van der Waals surface area contributed by atoms with Gasteiger partial charge in [0.2, 0.25) is 0 Å². The minimum atomic E-state index is -0.475. The van der Waals surface area contributed by atoms with Crippen molar-refractivity contribution < 1.29 is 14.6 Å². The smallest absolute Gasteiger partial charge is 0.322 e.